The number of nitrogens with zero attached hydrogens (tertiary/aromatic N) is 4. The number of amides is 2. The van der Waals surface area contributed by atoms with Gasteiger partial charge in [0.2, 0.25) is 5.91 Å². The number of rotatable bonds is 8. The lowest BCUT2D eigenvalue weighted by molar-refractivity contribution is -0.142. The summed E-state index contributed by atoms with van der Waals surface area (Å²) >= 11 is 0. The number of methoxy groups -OCH3 is 1. The third kappa shape index (κ3) is 4.71. The van der Waals surface area contributed by atoms with E-state index >= 15 is 0 Å². The number of aryl methyl sites for hydroxylation is 2. The van der Waals surface area contributed by atoms with Crippen molar-refractivity contribution in [2.24, 2.45) is 18.1 Å². The Labute approximate surface area is 183 Å². The second-order valence-corrected chi connectivity index (χ2v) is 8.45. The highest BCUT2D eigenvalue weighted by Crippen LogP contribution is 2.34. The van der Waals surface area contributed by atoms with Crippen LogP contribution in [0.5, 0.6) is 0 Å². The lowest BCUT2D eigenvalue weighted by Gasteiger charge is -2.27. The van der Waals surface area contributed by atoms with Gasteiger partial charge in [-0.3, -0.25) is 9.59 Å². The minimum atomic E-state index is -0.182. The molecule has 7 nitrogen and oxygen atoms in total. The van der Waals surface area contributed by atoms with Crippen molar-refractivity contribution >= 4 is 17.5 Å². The van der Waals surface area contributed by atoms with Crippen LogP contribution in [0.3, 0.4) is 0 Å². The van der Waals surface area contributed by atoms with Crippen LogP contribution < -0.4 is 0 Å². The van der Waals surface area contributed by atoms with E-state index in [1.807, 2.05) is 36.9 Å². The summed E-state index contributed by atoms with van der Waals surface area (Å²) in [7, 11) is 3.58. The molecule has 0 spiro atoms. The van der Waals surface area contributed by atoms with Crippen LogP contribution in [0, 0.1) is 12.8 Å². The molecule has 0 N–H and O–H groups in total. The van der Waals surface area contributed by atoms with E-state index in [0.29, 0.717) is 19.6 Å². The van der Waals surface area contributed by atoms with Gasteiger partial charge in [0.05, 0.1) is 24.1 Å². The first-order valence-electron chi connectivity index (χ1n) is 10.8. The molecule has 1 aliphatic heterocycles. The Kier molecular flexibility index (Phi) is 6.23. The van der Waals surface area contributed by atoms with Gasteiger partial charge in [0, 0.05) is 39.2 Å². The number of carbonyl (C=O) groups excluding carboxylic acids is 2. The molecule has 2 aromatic rings. The molecule has 1 aromatic heterocycles. The van der Waals surface area contributed by atoms with Gasteiger partial charge in [0.15, 0.2) is 0 Å². The Balaban J connectivity index is 1.59. The van der Waals surface area contributed by atoms with Crippen molar-refractivity contribution < 1.29 is 14.3 Å². The van der Waals surface area contributed by atoms with E-state index in [1.54, 1.807) is 17.0 Å². The average molecular weight is 423 g/mol. The van der Waals surface area contributed by atoms with Gasteiger partial charge in [-0.05, 0) is 37.5 Å². The van der Waals surface area contributed by atoms with E-state index < -0.39 is 0 Å². The number of hydrogen-bond acceptors (Lipinski definition) is 4. The van der Waals surface area contributed by atoms with Crippen LogP contribution in [-0.4, -0.2) is 58.8 Å². The first-order chi connectivity index (χ1) is 15.0. The van der Waals surface area contributed by atoms with E-state index in [1.165, 1.54) is 5.56 Å². The quantitative estimate of drug-likeness (QED) is 0.657. The van der Waals surface area contributed by atoms with E-state index in [0.717, 1.165) is 29.8 Å². The molecule has 4 rings (SSSR count). The summed E-state index contributed by atoms with van der Waals surface area (Å²) < 4.78 is 7.18. The van der Waals surface area contributed by atoms with Gasteiger partial charge in [-0.15, -0.1) is 0 Å². The normalized spacial score (nSPS) is 18.2. The maximum Gasteiger partial charge on any atom is 0.262 e. The highest BCUT2D eigenvalue weighted by Gasteiger charge is 2.37. The Morgan fingerprint density at radius 3 is 2.55 bits per heavy atom. The maximum atomic E-state index is 13.4. The summed E-state index contributed by atoms with van der Waals surface area (Å²) in [6, 6.07) is 12.0. The second-order valence-electron chi connectivity index (χ2n) is 8.45. The second kappa shape index (κ2) is 9.06. The van der Waals surface area contributed by atoms with Gasteiger partial charge in [-0.1, -0.05) is 29.8 Å². The zero-order chi connectivity index (χ0) is 22.0. The molecule has 1 aliphatic carbocycles. The molecule has 2 amide bonds. The summed E-state index contributed by atoms with van der Waals surface area (Å²) in [5.74, 6) is -0.0680. The molecule has 1 saturated carbocycles. The van der Waals surface area contributed by atoms with E-state index in [-0.39, 0.29) is 30.3 Å². The van der Waals surface area contributed by atoms with Crippen LogP contribution in [0.25, 0.3) is 0 Å². The van der Waals surface area contributed by atoms with E-state index in [4.69, 9.17) is 9.84 Å². The number of benzene rings is 1. The summed E-state index contributed by atoms with van der Waals surface area (Å²) in [5.41, 5.74) is 4.09. The number of carbonyl (C=O) groups is 2. The molecule has 164 valence electrons. The van der Waals surface area contributed by atoms with Gasteiger partial charge >= 0.3 is 0 Å². The summed E-state index contributed by atoms with van der Waals surface area (Å²) in [4.78, 5) is 27.7. The fourth-order valence-corrected chi connectivity index (χ4v) is 4.00. The highest BCUT2D eigenvalue weighted by molar-refractivity contribution is 6.02. The molecule has 0 radical (unpaired) electrons. The van der Waals surface area contributed by atoms with Crippen LogP contribution in [0.15, 0.2) is 47.7 Å². The molecule has 0 saturated heterocycles. The minimum Gasteiger partial charge on any atom is -0.383 e. The largest absolute Gasteiger partial charge is 0.383 e. The molecule has 31 heavy (non-hydrogen) atoms. The Bertz CT molecular complexity index is 975. The van der Waals surface area contributed by atoms with E-state index in [9.17, 15) is 9.59 Å². The average Bonchev–Trinajstić information content (AvgIpc) is 3.38. The van der Waals surface area contributed by atoms with Gasteiger partial charge in [-0.2, -0.15) is 5.10 Å². The zero-order valence-corrected chi connectivity index (χ0v) is 18.5. The summed E-state index contributed by atoms with van der Waals surface area (Å²) in [6.07, 6.45) is 4.43. The van der Waals surface area contributed by atoms with Crippen molar-refractivity contribution in [1.29, 1.82) is 0 Å². The molecule has 0 unspecified atom stereocenters. The Hall–Kier alpha value is -2.93. The van der Waals surface area contributed by atoms with Crippen molar-refractivity contribution in [1.82, 2.24) is 14.5 Å². The number of ether oxygens (including phenoxy) is 1. The van der Waals surface area contributed by atoms with Crippen LogP contribution in [0.1, 0.15) is 42.1 Å². The SMILES string of the molecule is COCCN(CC(=O)N1N=C(c2cccn2C)C[C@@H]1c1ccc(C)cc1)C(=O)C1CC1. The molecular formula is C24H30N4O3. The smallest absolute Gasteiger partial charge is 0.262 e. The fourth-order valence-electron chi connectivity index (χ4n) is 4.00. The minimum absolute atomic E-state index is 0.0188. The first kappa shape index (κ1) is 21.3. The molecule has 7 heteroatoms. The van der Waals surface area contributed by atoms with Crippen LogP contribution >= 0.6 is 0 Å². The van der Waals surface area contributed by atoms with Crippen LogP contribution in [0.4, 0.5) is 0 Å². The lowest BCUT2D eigenvalue weighted by atomic mass is 9.99. The van der Waals surface area contributed by atoms with Gasteiger partial charge in [-0.25, -0.2) is 5.01 Å². The van der Waals surface area contributed by atoms with Crippen molar-refractivity contribution in [2.45, 2.75) is 32.2 Å². The summed E-state index contributed by atoms with van der Waals surface area (Å²) in [6.45, 7) is 2.88. The molecule has 2 aliphatic rings. The van der Waals surface area contributed by atoms with Gasteiger partial charge in [0.1, 0.15) is 6.54 Å². The maximum absolute atomic E-state index is 13.4. The number of hydrazone groups is 1. The number of aromatic nitrogens is 1. The standard InChI is InChI=1S/C24H30N4O3/c1-17-6-8-18(9-7-17)22-15-20(21-5-4-12-26(21)2)25-28(22)23(29)16-27(13-14-31-3)24(30)19-10-11-19/h4-9,12,19,22H,10-11,13-16H2,1-3H3/t22-/m1/s1. The van der Waals surface area contributed by atoms with Crippen LogP contribution in [-0.2, 0) is 21.4 Å². The summed E-state index contributed by atoms with van der Waals surface area (Å²) in [5, 5.41) is 6.31. The fraction of sp³-hybridized carbons (Fsp3) is 0.458. The molecule has 1 aromatic carbocycles. The first-order valence-corrected chi connectivity index (χ1v) is 10.8. The van der Waals surface area contributed by atoms with Gasteiger partial charge in [0.25, 0.3) is 5.91 Å². The highest BCUT2D eigenvalue weighted by atomic mass is 16.5. The molecular weight excluding hydrogens is 392 g/mol. The van der Waals surface area contributed by atoms with Crippen molar-refractivity contribution in [3.05, 3.63) is 59.4 Å². The third-order valence-corrected chi connectivity index (χ3v) is 6.00. The monoisotopic (exact) mass is 422 g/mol. The van der Waals surface area contributed by atoms with Crippen molar-refractivity contribution in [3.8, 4) is 0 Å². The topological polar surface area (TPSA) is 67.1 Å². The predicted octanol–water partition coefficient (Wildman–Crippen LogP) is 2.90. The molecule has 2 heterocycles. The Morgan fingerprint density at radius 1 is 1.19 bits per heavy atom. The van der Waals surface area contributed by atoms with Crippen LogP contribution in [0.2, 0.25) is 0 Å². The van der Waals surface area contributed by atoms with Crippen molar-refractivity contribution in [3.63, 3.8) is 0 Å². The predicted molar refractivity (Wildman–Crippen MR) is 119 cm³/mol. The van der Waals surface area contributed by atoms with E-state index in [2.05, 4.69) is 24.3 Å². The van der Waals surface area contributed by atoms with Gasteiger partial charge < -0.3 is 14.2 Å². The third-order valence-electron chi connectivity index (χ3n) is 6.00. The molecule has 0 bridgehead atoms. The number of hydrogen-bond donors (Lipinski definition) is 0. The zero-order valence-electron chi connectivity index (χ0n) is 18.5. The van der Waals surface area contributed by atoms with Crippen molar-refractivity contribution in [2.75, 3.05) is 26.8 Å². The molecule has 1 fully saturated rings. The Morgan fingerprint density at radius 2 is 1.94 bits per heavy atom. The molecule has 1 atom stereocenters. The lowest BCUT2D eigenvalue weighted by Crippen LogP contribution is -2.43.